The first-order valence-electron chi connectivity index (χ1n) is 8.06. The van der Waals surface area contributed by atoms with Crippen LogP contribution in [0.1, 0.15) is 47.3 Å². The second kappa shape index (κ2) is 7.09. The summed E-state index contributed by atoms with van der Waals surface area (Å²) in [6.45, 7) is 1.86. The average Bonchev–Trinajstić information content (AvgIpc) is 2.61. The number of hydrogen-bond donors (Lipinski definition) is 1. The topological polar surface area (TPSA) is 46.2 Å². The minimum atomic E-state index is -1.14. The molecule has 0 fully saturated rings. The quantitative estimate of drug-likeness (QED) is 0.932. The predicted molar refractivity (Wildman–Crippen MR) is 93.0 cm³/mol. The summed E-state index contributed by atoms with van der Waals surface area (Å²) in [5.74, 6) is 0.375. The Bertz CT molecular complexity index is 742. The Hall–Kier alpha value is -1.94. The van der Waals surface area contributed by atoms with E-state index in [1.54, 1.807) is 12.1 Å². The van der Waals surface area contributed by atoms with Crippen LogP contribution in [0, 0.1) is 0 Å². The Morgan fingerprint density at radius 2 is 1.91 bits per heavy atom. The van der Waals surface area contributed by atoms with E-state index < -0.39 is 10.8 Å². The Labute approximate surface area is 139 Å². The van der Waals surface area contributed by atoms with Crippen molar-refractivity contribution in [3.63, 3.8) is 0 Å². The first-order valence-corrected chi connectivity index (χ1v) is 9.38. The van der Waals surface area contributed by atoms with E-state index in [9.17, 15) is 9.00 Å². The molecule has 0 saturated carbocycles. The van der Waals surface area contributed by atoms with Crippen molar-refractivity contribution >= 4 is 16.7 Å². The molecule has 1 aliphatic carbocycles. The van der Waals surface area contributed by atoms with E-state index in [0.717, 1.165) is 19.3 Å². The number of fused-ring (bicyclic) bond motifs is 1. The van der Waals surface area contributed by atoms with Gasteiger partial charge >= 0.3 is 0 Å². The zero-order valence-corrected chi connectivity index (χ0v) is 14.1. The summed E-state index contributed by atoms with van der Waals surface area (Å²) in [4.78, 5) is 13.3. The fourth-order valence-electron chi connectivity index (χ4n) is 3.15. The molecule has 0 saturated heterocycles. The van der Waals surface area contributed by atoms with E-state index in [-0.39, 0.29) is 11.9 Å². The van der Waals surface area contributed by atoms with Crippen LogP contribution >= 0.6 is 0 Å². The van der Waals surface area contributed by atoms with Gasteiger partial charge in [-0.25, -0.2) is 0 Å². The minimum absolute atomic E-state index is 0.0376. The summed E-state index contributed by atoms with van der Waals surface area (Å²) < 4.78 is 12.2. The lowest BCUT2D eigenvalue weighted by molar-refractivity contribution is 0.0929. The van der Waals surface area contributed by atoms with Crippen molar-refractivity contribution in [2.24, 2.45) is 0 Å². The largest absolute Gasteiger partial charge is 0.345 e. The molecule has 0 bridgehead atoms. The minimum Gasteiger partial charge on any atom is -0.345 e. The maximum absolute atomic E-state index is 12.7. The highest BCUT2D eigenvalue weighted by Crippen LogP contribution is 2.30. The average molecular weight is 327 g/mol. The number of carbonyl (C=O) groups is 1. The van der Waals surface area contributed by atoms with Crippen molar-refractivity contribution in [1.29, 1.82) is 0 Å². The van der Waals surface area contributed by atoms with Crippen LogP contribution in [0.25, 0.3) is 0 Å². The molecule has 23 heavy (non-hydrogen) atoms. The molecule has 1 aliphatic rings. The number of benzene rings is 2. The molecule has 120 valence electrons. The number of rotatable bonds is 4. The van der Waals surface area contributed by atoms with Crippen LogP contribution in [-0.4, -0.2) is 15.9 Å². The fourth-order valence-corrected chi connectivity index (χ4v) is 4.10. The first kappa shape index (κ1) is 15.9. The van der Waals surface area contributed by atoms with Crippen molar-refractivity contribution in [2.75, 3.05) is 5.75 Å². The molecule has 0 aliphatic heterocycles. The van der Waals surface area contributed by atoms with Gasteiger partial charge in [-0.05, 0) is 42.5 Å². The van der Waals surface area contributed by atoms with Crippen molar-refractivity contribution < 1.29 is 9.00 Å². The van der Waals surface area contributed by atoms with Gasteiger partial charge in [0.15, 0.2) is 0 Å². The van der Waals surface area contributed by atoms with Crippen molar-refractivity contribution in [2.45, 2.75) is 37.1 Å². The highest BCUT2D eigenvalue weighted by Gasteiger charge is 2.23. The monoisotopic (exact) mass is 327 g/mol. The number of aryl methyl sites for hydroxylation is 1. The van der Waals surface area contributed by atoms with Crippen molar-refractivity contribution in [3.05, 3.63) is 65.2 Å². The number of nitrogens with one attached hydrogen (secondary N) is 1. The zero-order valence-electron chi connectivity index (χ0n) is 13.2. The molecule has 2 aromatic carbocycles. The third kappa shape index (κ3) is 3.37. The van der Waals surface area contributed by atoms with Gasteiger partial charge in [-0.2, -0.15) is 0 Å². The molecular weight excluding hydrogens is 306 g/mol. The van der Waals surface area contributed by atoms with E-state index in [0.29, 0.717) is 16.2 Å². The van der Waals surface area contributed by atoms with E-state index in [1.165, 1.54) is 11.1 Å². The van der Waals surface area contributed by atoms with Crippen LogP contribution in [0.5, 0.6) is 0 Å². The Morgan fingerprint density at radius 3 is 2.74 bits per heavy atom. The molecule has 1 amide bonds. The maximum Gasteiger partial charge on any atom is 0.252 e. The molecule has 0 aromatic heterocycles. The van der Waals surface area contributed by atoms with Crippen LogP contribution in [0.4, 0.5) is 0 Å². The summed E-state index contributed by atoms with van der Waals surface area (Å²) in [6, 6.07) is 15.5. The standard InChI is InChI=1S/C19H21NO2S/c1-2-23(22)18-13-6-5-11-16(18)19(21)20-17-12-7-9-14-8-3-4-10-15(14)17/h3-6,8,10-11,13,17H,2,7,9,12H2,1H3,(H,20,21)/t17-,23+/m0/s1. The molecule has 3 rings (SSSR count). The second-order valence-electron chi connectivity index (χ2n) is 5.75. The molecule has 1 N–H and O–H groups in total. The molecule has 0 radical (unpaired) electrons. The van der Waals surface area contributed by atoms with E-state index in [4.69, 9.17) is 0 Å². The van der Waals surface area contributed by atoms with Crippen molar-refractivity contribution in [1.82, 2.24) is 5.32 Å². The van der Waals surface area contributed by atoms with Crippen LogP contribution in [-0.2, 0) is 17.2 Å². The highest BCUT2D eigenvalue weighted by atomic mass is 32.2. The molecule has 2 atom stereocenters. The molecule has 0 heterocycles. The molecule has 0 unspecified atom stereocenters. The lowest BCUT2D eigenvalue weighted by Gasteiger charge is -2.26. The number of hydrogen-bond acceptors (Lipinski definition) is 2. The van der Waals surface area contributed by atoms with Gasteiger partial charge in [0, 0.05) is 5.75 Å². The Kier molecular flexibility index (Phi) is 4.91. The smallest absolute Gasteiger partial charge is 0.252 e. The van der Waals surface area contributed by atoms with Crippen LogP contribution < -0.4 is 5.32 Å². The predicted octanol–water partition coefficient (Wildman–Crippen LogP) is 3.62. The van der Waals surface area contributed by atoms with E-state index >= 15 is 0 Å². The van der Waals surface area contributed by atoms with Gasteiger partial charge in [-0.3, -0.25) is 9.00 Å². The zero-order chi connectivity index (χ0) is 16.2. The van der Waals surface area contributed by atoms with Crippen LogP contribution in [0.15, 0.2) is 53.4 Å². The summed E-state index contributed by atoms with van der Waals surface area (Å²) in [5.41, 5.74) is 3.05. The van der Waals surface area contributed by atoms with Gasteiger partial charge in [0.2, 0.25) is 0 Å². The van der Waals surface area contributed by atoms with E-state index in [2.05, 4.69) is 17.4 Å². The molecule has 0 spiro atoms. The highest BCUT2D eigenvalue weighted by molar-refractivity contribution is 7.85. The van der Waals surface area contributed by atoms with Crippen LogP contribution in [0.3, 0.4) is 0 Å². The van der Waals surface area contributed by atoms with Gasteiger partial charge in [0.05, 0.1) is 27.3 Å². The summed E-state index contributed by atoms with van der Waals surface area (Å²) in [6.07, 6.45) is 3.09. The summed E-state index contributed by atoms with van der Waals surface area (Å²) in [7, 11) is -1.14. The number of carbonyl (C=O) groups excluding carboxylic acids is 1. The van der Waals surface area contributed by atoms with Gasteiger partial charge in [0.1, 0.15) is 0 Å². The lowest BCUT2D eigenvalue weighted by atomic mass is 9.87. The van der Waals surface area contributed by atoms with Gasteiger partial charge < -0.3 is 5.32 Å². The van der Waals surface area contributed by atoms with E-state index in [1.807, 2.05) is 31.2 Å². The molecule has 3 nitrogen and oxygen atoms in total. The van der Waals surface area contributed by atoms with Gasteiger partial charge in [-0.15, -0.1) is 0 Å². The van der Waals surface area contributed by atoms with Gasteiger partial charge in [-0.1, -0.05) is 43.3 Å². The second-order valence-corrected chi connectivity index (χ2v) is 7.46. The maximum atomic E-state index is 12.7. The molecular formula is C19H21NO2S. The van der Waals surface area contributed by atoms with Crippen molar-refractivity contribution in [3.8, 4) is 0 Å². The summed E-state index contributed by atoms with van der Waals surface area (Å²) in [5, 5.41) is 3.14. The first-order chi connectivity index (χ1) is 11.2. The van der Waals surface area contributed by atoms with Gasteiger partial charge in [0.25, 0.3) is 5.91 Å². The fraction of sp³-hybridized carbons (Fsp3) is 0.316. The Balaban J connectivity index is 1.85. The lowest BCUT2D eigenvalue weighted by Crippen LogP contribution is -2.31. The normalized spacial score (nSPS) is 18.0. The SMILES string of the molecule is CC[S@@](=O)c1ccccc1C(=O)N[C@H]1CCCc2ccccc21. The molecule has 4 heteroatoms. The summed E-state index contributed by atoms with van der Waals surface area (Å²) >= 11 is 0. The van der Waals surface area contributed by atoms with Crippen LogP contribution in [0.2, 0.25) is 0 Å². The third-order valence-electron chi connectivity index (χ3n) is 4.31. The third-order valence-corrected chi connectivity index (χ3v) is 5.68. The Morgan fingerprint density at radius 1 is 1.17 bits per heavy atom. The number of amides is 1. The molecule has 2 aromatic rings.